The first kappa shape index (κ1) is 8.90. The Balaban J connectivity index is 2.09. The first-order chi connectivity index (χ1) is 7.01. The third-order valence-corrected chi connectivity index (χ3v) is 7.41. The van der Waals surface area contributed by atoms with Gasteiger partial charge in [0.15, 0.2) is 0 Å². The largest absolute Gasteiger partial charge is 0.391 e. The van der Waals surface area contributed by atoms with Gasteiger partial charge in [-0.25, -0.2) is 4.79 Å². The molecule has 6 nitrogen and oxygen atoms in total. The minimum atomic E-state index is -2.22. The third kappa shape index (κ3) is 0.716. The van der Waals surface area contributed by atoms with E-state index in [1.54, 1.807) is 0 Å². The van der Waals surface area contributed by atoms with E-state index in [9.17, 15) is 19.2 Å². The van der Waals surface area contributed by atoms with Crippen molar-refractivity contribution in [3.05, 3.63) is 0 Å². The molecule has 0 aromatic carbocycles. The van der Waals surface area contributed by atoms with Crippen molar-refractivity contribution in [3.8, 4) is 0 Å². The molecule has 0 aromatic heterocycles. The molecule has 3 unspecified atom stereocenters. The van der Waals surface area contributed by atoms with Gasteiger partial charge < -0.3 is 9.47 Å². The van der Waals surface area contributed by atoms with Gasteiger partial charge in [-0.15, -0.1) is 0 Å². The summed E-state index contributed by atoms with van der Waals surface area (Å²) in [5.41, 5.74) is 0. The molecule has 0 N–H and O–H groups in total. The lowest BCUT2D eigenvalue weighted by Crippen LogP contribution is -2.19. The van der Waals surface area contributed by atoms with E-state index in [4.69, 9.17) is 0 Å². The summed E-state index contributed by atoms with van der Waals surface area (Å²) in [6.07, 6.45) is 0. The summed E-state index contributed by atoms with van der Waals surface area (Å²) in [5.74, 6) is -2.00. The first-order valence-electron chi connectivity index (χ1n) is 4.32. The van der Waals surface area contributed by atoms with Gasteiger partial charge in [-0.2, -0.15) is 0 Å². The van der Waals surface area contributed by atoms with Crippen LogP contribution in [-0.2, 0) is 23.9 Å². The second-order valence-electron chi connectivity index (χ2n) is 3.66. The number of cyclic esters (lactones) is 4. The topological polar surface area (TPSA) is 86.7 Å². The maximum Gasteiger partial charge on any atom is 0.359 e. The number of rotatable bonds is 0. The van der Waals surface area contributed by atoms with Crippen LogP contribution in [0.25, 0.3) is 0 Å². The average Bonchev–Trinajstić information content (AvgIpc) is 2.71. The van der Waals surface area contributed by atoms with Crippen LogP contribution >= 0.6 is 10.0 Å². The predicted molar refractivity (Wildman–Crippen MR) is 47.2 cm³/mol. The average molecular weight is 230 g/mol. The Morgan fingerprint density at radius 1 is 0.933 bits per heavy atom. The summed E-state index contributed by atoms with van der Waals surface area (Å²) in [6, 6.07) is 0. The summed E-state index contributed by atoms with van der Waals surface area (Å²) in [4.78, 5) is 45.2. The van der Waals surface area contributed by atoms with E-state index < -0.39 is 49.0 Å². The highest BCUT2D eigenvalue weighted by molar-refractivity contribution is 8.53. The molecule has 0 aromatic rings. The van der Waals surface area contributed by atoms with Crippen molar-refractivity contribution in [1.29, 1.82) is 0 Å². The zero-order valence-electron chi connectivity index (χ0n) is 7.59. The van der Waals surface area contributed by atoms with Crippen LogP contribution in [-0.4, -0.2) is 39.0 Å². The Kier molecular flexibility index (Phi) is 1.33. The highest BCUT2D eigenvalue weighted by atomic mass is 32.3. The summed E-state index contributed by atoms with van der Waals surface area (Å²) < 4.78 is 8.85. The molecule has 1 spiro atoms. The zero-order valence-corrected chi connectivity index (χ0v) is 8.41. The highest BCUT2D eigenvalue weighted by Crippen LogP contribution is 2.82. The second kappa shape index (κ2) is 2.24. The van der Waals surface area contributed by atoms with E-state index in [2.05, 4.69) is 9.47 Å². The number of ether oxygens (including phenoxy) is 2. The molecular weight excluding hydrogens is 224 g/mol. The van der Waals surface area contributed by atoms with E-state index >= 15 is 0 Å². The lowest BCUT2D eigenvalue weighted by atomic mass is 10.4. The van der Waals surface area contributed by atoms with Gasteiger partial charge in [0, 0.05) is 0 Å². The molecule has 3 aliphatic heterocycles. The summed E-state index contributed by atoms with van der Waals surface area (Å²) in [5, 5.41) is -2.78. The quantitative estimate of drug-likeness (QED) is 0.322. The smallest absolute Gasteiger partial charge is 0.359 e. The number of hydrogen-bond acceptors (Lipinski definition) is 6. The van der Waals surface area contributed by atoms with Crippen molar-refractivity contribution in [1.82, 2.24) is 0 Å². The van der Waals surface area contributed by atoms with Crippen LogP contribution in [0.4, 0.5) is 4.79 Å². The van der Waals surface area contributed by atoms with Crippen molar-refractivity contribution >= 4 is 33.2 Å². The molecule has 3 saturated heterocycles. The van der Waals surface area contributed by atoms with Gasteiger partial charge in [0.1, 0.15) is 10.5 Å². The lowest BCUT2D eigenvalue weighted by molar-refractivity contribution is -0.152. The lowest BCUT2D eigenvalue weighted by Gasteiger charge is -2.16. The van der Waals surface area contributed by atoms with Crippen LogP contribution in [0.1, 0.15) is 6.92 Å². The standard InChI is InChI=1S/C8H6O6S/c1-2-5(9)14-8(12)15(2)3-4(15)7(11)13-6(3)10/h2-4H,1H3. The van der Waals surface area contributed by atoms with Gasteiger partial charge >= 0.3 is 23.2 Å². The fourth-order valence-electron chi connectivity index (χ4n) is 2.29. The monoisotopic (exact) mass is 230 g/mol. The van der Waals surface area contributed by atoms with Crippen molar-refractivity contribution in [3.63, 3.8) is 0 Å². The van der Waals surface area contributed by atoms with Gasteiger partial charge in [-0.3, -0.25) is 14.4 Å². The van der Waals surface area contributed by atoms with Crippen molar-refractivity contribution in [2.45, 2.75) is 22.7 Å². The van der Waals surface area contributed by atoms with Gasteiger partial charge in [-0.1, -0.05) is 10.0 Å². The third-order valence-electron chi connectivity index (χ3n) is 3.09. The molecule has 3 aliphatic rings. The van der Waals surface area contributed by atoms with E-state index in [-0.39, 0.29) is 0 Å². The first-order valence-corrected chi connectivity index (χ1v) is 6.14. The summed E-state index contributed by atoms with van der Waals surface area (Å²) in [7, 11) is -2.22. The molecule has 3 rings (SSSR count). The molecule has 0 saturated carbocycles. The summed E-state index contributed by atoms with van der Waals surface area (Å²) in [6.45, 7) is 1.53. The maximum absolute atomic E-state index is 11.5. The molecule has 0 aliphatic carbocycles. The van der Waals surface area contributed by atoms with Gasteiger partial charge in [0.25, 0.3) is 0 Å². The minimum Gasteiger partial charge on any atom is -0.391 e. The summed E-state index contributed by atoms with van der Waals surface area (Å²) >= 11 is 0. The van der Waals surface area contributed by atoms with Crippen LogP contribution in [0.2, 0.25) is 0 Å². The van der Waals surface area contributed by atoms with E-state index in [1.807, 2.05) is 0 Å². The molecule has 7 heteroatoms. The molecule has 3 atom stereocenters. The normalized spacial score (nSPS) is 51.1. The number of carbonyl (C=O) groups is 4. The fourth-order valence-corrected chi connectivity index (χ4v) is 6.42. The molecule has 3 fully saturated rings. The second-order valence-corrected chi connectivity index (χ2v) is 7.24. The molecule has 80 valence electrons. The van der Waals surface area contributed by atoms with Crippen molar-refractivity contribution < 1.29 is 28.7 Å². The molecule has 15 heavy (non-hydrogen) atoms. The van der Waals surface area contributed by atoms with Crippen LogP contribution in [0.3, 0.4) is 0 Å². The molecular formula is C8H6O6S. The maximum atomic E-state index is 11.5. The van der Waals surface area contributed by atoms with Gasteiger partial charge in [0.05, 0.1) is 5.25 Å². The molecule has 0 radical (unpaired) electrons. The Bertz CT molecular complexity index is 420. The van der Waals surface area contributed by atoms with E-state index in [0.29, 0.717) is 0 Å². The minimum absolute atomic E-state index is 0.634. The predicted octanol–water partition coefficient (Wildman–Crippen LogP) is -0.310. The number of fused-ring (bicyclic) bond motifs is 3. The zero-order chi connectivity index (χ0) is 11.0. The molecule has 0 amide bonds. The van der Waals surface area contributed by atoms with Crippen molar-refractivity contribution in [2.24, 2.45) is 0 Å². The number of carbonyl (C=O) groups excluding carboxylic acids is 4. The van der Waals surface area contributed by atoms with E-state index in [0.717, 1.165) is 0 Å². The Labute approximate surface area is 85.2 Å². The van der Waals surface area contributed by atoms with Gasteiger partial charge in [-0.05, 0) is 6.92 Å². The van der Waals surface area contributed by atoms with Crippen molar-refractivity contribution in [2.75, 3.05) is 0 Å². The van der Waals surface area contributed by atoms with Crippen LogP contribution < -0.4 is 0 Å². The van der Waals surface area contributed by atoms with E-state index in [1.165, 1.54) is 6.92 Å². The van der Waals surface area contributed by atoms with Crippen LogP contribution in [0.5, 0.6) is 0 Å². The number of hydrogen-bond donors (Lipinski definition) is 0. The Morgan fingerprint density at radius 3 is 1.87 bits per heavy atom. The Morgan fingerprint density at radius 2 is 1.47 bits per heavy atom. The SMILES string of the molecule is CC1C(=O)OC(=O)S12C1C(=O)OC(=O)C12. The molecule has 3 heterocycles. The van der Waals surface area contributed by atoms with Crippen LogP contribution in [0.15, 0.2) is 0 Å². The molecule has 0 bridgehead atoms. The number of esters is 3. The Hall–Kier alpha value is -1.37. The highest BCUT2D eigenvalue weighted by Gasteiger charge is 2.83. The van der Waals surface area contributed by atoms with Gasteiger partial charge in [0.2, 0.25) is 0 Å². The van der Waals surface area contributed by atoms with Crippen LogP contribution in [0, 0.1) is 0 Å². The fraction of sp³-hybridized carbons (Fsp3) is 0.500.